The molecule has 2 saturated heterocycles. The first-order chi connectivity index (χ1) is 12.1. The minimum absolute atomic E-state index is 0. The molecule has 142 valence electrons. The van der Waals surface area contributed by atoms with Crippen molar-refractivity contribution in [2.24, 2.45) is 0 Å². The molecule has 1 aromatic carbocycles. The number of hydrogen-bond donors (Lipinski definition) is 1. The van der Waals surface area contributed by atoms with Crippen molar-refractivity contribution >= 4 is 29.3 Å². The predicted octanol–water partition coefficient (Wildman–Crippen LogP) is 2.90. The van der Waals surface area contributed by atoms with E-state index >= 15 is 0 Å². The molecule has 0 radical (unpaired) electrons. The van der Waals surface area contributed by atoms with Crippen LogP contribution in [-0.2, 0) is 0 Å². The fourth-order valence-electron chi connectivity index (χ4n) is 4.29. The number of nitrogens with zero attached hydrogens (tertiary/aromatic N) is 2. The number of rotatable bonds is 2. The van der Waals surface area contributed by atoms with Gasteiger partial charge in [0.05, 0.1) is 0 Å². The van der Waals surface area contributed by atoms with Gasteiger partial charge in [-0.1, -0.05) is 12.1 Å². The first kappa shape index (κ1) is 19.2. The Labute approximate surface area is 161 Å². The van der Waals surface area contributed by atoms with E-state index in [2.05, 4.69) is 29.3 Å². The highest BCUT2D eigenvalue weighted by Crippen LogP contribution is 2.32. The summed E-state index contributed by atoms with van der Waals surface area (Å²) in [6, 6.07) is 4.65. The Morgan fingerprint density at radius 2 is 1.81 bits per heavy atom. The molecule has 1 atom stereocenters. The van der Waals surface area contributed by atoms with Crippen molar-refractivity contribution in [1.82, 2.24) is 15.1 Å². The van der Waals surface area contributed by atoms with Crippen molar-refractivity contribution < 1.29 is 9.21 Å². The zero-order chi connectivity index (χ0) is 17.6. The number of aryl methyl sites for hydroxylation is 3. The summed E-state index contributed by atoms with van der Waals surface area (Å²) in [5.41, 5.74) is 4.09. The molecular weight excluding hydrogens is 350 g/mol. The van der Waals surface area contributed by atoms with Gasteiger partial charge in [-0.05, 0) is 38.3 Å². The third-order valence-electron chi connectivity index (χ3n) is 5.80. The topological polar surface area (TPSA) is 48.7 Å². The van der Waals surface area contributed by atoms with E-state index in [1.807, 2.05) is 18.7 Å². The molecule has 4 rings (SSSR count). The first-order valence-corrected chi connectivity index (χ1v) is 9.29. The Kier molecular flexibility index (Phi) is 5.61. The van der Waals surface area contributed by atoms with Crippen molar-refractivity contribution in [3.63, 3.8) is 0 Å². The summed E-state index contributed by atoms with van der Waals surface area (Å²) in [6.07, 6.45) is 1.06. The quantitative estimate of drug-likeness (QED) is 0.874. The van der Waals surface area contributed by atoms with Gasteiger partial charge < -0.3 is 14.6 Å². The summed E-state index contributed by atoms with van der Waals surface area (Å²) in [5, 5.41) is 4.49. The molecule has 0 saturated carbocycles. The second-order valence-corrected chi connectivity index (χ2v) is 7.44. The summed E-state index contributed by atoms with van der Waals surface area (Å²) in [5.74, 6) is 0.568. The van der Waals surface area contributed by atoms with Crippen LogP contribution in [0.4, 0.5) is 0 Å². The van der Waals surface area contributed by atoms with Crippen molar-refractivity contribution in [3.05, 3.63) is 34.6 Å². The maximum atomic E-state index is 13.1. The predicted molar refractivity (Wildman–Crippen MR) is 106 cm³/mol. The van der Waals surface area contributed by atoms with Crippen molar-refractivity contribution in [2.75, 3.05) is 39.3 Å². The zero-order valence-corrected chi connectivity index (χ0v) is 16.6. The summed E-state index contributed by atoms with van der Waals surface area (Å²) in [6.45, 7) is 12.0. The Morgan fingerprint density at radius 3 is 2.50 bits per heavy atom. The number of hydrogen-bond acceptors (Lipinski definition) is 4. The van der Waals surface area contributed by atoms with Crippen LogP contribution in [0.15, 0.2) is 16.5 Å². The standard InChI is InChI=1S/C20H27N3O2.ClH/c1-13-4-5-14(2)18-17(13)15(3)19(25-18)20(24)23-9-6-16(12-23)22-10-7-21-8-11-22;/h4-5,16,21H,6-12H2,1-3H3;1H. The average Bonchev–Trinajstić information content (AvgIpc) is 3.24. The molecular formula is C20H28ClN3O2. The van der Waals surface area contributed by atoms with Gasteiger partial charge in [-0.25, -0.2) is 0 Å². The summed E-state index contributed by atoms with van der Waals surface area (Å²) in [4.78, 5) is 17.6. The Morgan fingerprint density at radius 1 is 1.12 bits per heavy atom. The zero-order valence-electron chi connectivity index (χ0n) is 15.8. The number of carbonyl (C=O) groups is 1. The first-order valence-electron chi connectivity index (χ1n) is 9.29. The van der Waals surface area contributed by atoms with Crippen molar-refractivity contribution in [3.8, 4) is 0 Å². The summed E-state index contributed by atoms with van der Waals surface area (Å²) in [7, 11) is 0. The molecule has 26 heavy (non-hydrogen) atoms. The van der Waals surface area contributed by atoms with Gasteiger partial charge in [0.1, 0.15) is 5.58 Å². The molecule has 0 spiro atoms. The van der Waals surface area contributed by atoms with Crippen LogP contribution in [-0.4, -0.2) is 61.0 Å². The number of fused-ring (bicyclic) bond motifs is 1. The molecule has 1 aromatic heterocycles. The lowest BCUT2D eigenvalue weighted by molar-refractivity contribution is 0.0743. The molecule has 2 aliphatic rings. The maximum Gasteiger partial charge on any atom is 0.289 e. The smallest absolute Gasteiger partial charge is 0.289 e. The fraction of sp³-hybridized carbons (Fsp3) is 0.550. The van der Waals surface area contributed by atoms with E-state index in [0.717, 1.165) is 67.8 Å². The molecule has 3 heterocycles. The van der Waals surface area contributed by atoms with Crippen LogP contribution < -0.4 is 5.32 Å². The van der Waals surface area contributed by atoms with Crippen LogP contribution in [0.3, 0.4) is 0 Å². The molecule has 2 fully saturated rings. The third kappa shape index (κ3) is 3.24. The maximum absolute atomic E-state index is 13.1. The molecule has 0 bridgehead atoms. The van der Waals surface area contributed by atoms with Crippen LogP contribution in [0.1, 0.15) is 33.7 Å². The Hall–Kier alpha value is -1.56. The van der Waals surface area contributed by atoms with E-state index in [1.54, 1.807) is 0 Å². The number of carbonyl (C=O) groups excluding carboxylic acids is 1. The van der Waals surface area contributed by atoms with Crippen LogP contribution >= 0.6 is 12.4 Å². The van der Waals surface area contributed by atoms with E-state index < -0.39 is 0 Å². The fourth-order valence-corrected chi connectivity index (χ4v) is 4.29. The van der Waals surface area contributed by atoms with Gasteiger partial charge in [-0.3, -0.25) is 9.69 Å². The summed E-state index contributed by atoms with van der Waals surface area (Å²) >= 11 is 0. The van der Waals surface area contributed by atoms with E-state index in [0.29, 0.717) is 11.8 Å². The van der Waals surface area contributed by atoms with E-state index in [4.69, 9.17) is 4.42 Å². The van der Waals surface area contributed by atoms with Gasteiger partial charge in [0, 0.05) is 56.3 Å². The highest BCUT2D eigenvalue weighted by molar-refractivity contribution is 6.00. The van der Waals surface area contributed by atoms with Crippen LogP contribution in [0.2, 0.25) is 0 Å². The monoisotopic (exact) mass is 377 g/mol. The second kappa shape index (κ2) is 7.59. The van der Waals surface area contributed by atoms with E-state index in [9.17, 15) is 4.79 Å². The van der Waals surface area contributed by atoms with Gasteiger partial charge in [-0.15, -0.1) is 12.4 Å². The van der Waals surface area contributed by atoms with Crippen molar-refractivity contribution in [1.29, 1.82) is 0 Å². The van der Waals surface area contributed by atoms with Gasteiger partial charge >= 0.3 is 0 Å². The molecule has 1 amide bonds. The molecule has 5 nitrogen and oxygen atoms in total. The molecule has 1 unspecified atom stereocenters. The highest BCUT2D eigenvalue weighted by atomic mass is 35.5. The number of likely N-dealkylation sites (tertiary alicyclic amines) is 1. The van der Waals surface area contributed by atoms with Gasteiger partial charge in [0.25, 0.3) is 5.91 Å². The Bertz CT molecular complexity index is 811. The molecule has 2 aliphatic heterocycles. The molecule has 0 aliphatic carbocycles. The minimum Gasteiger partial charge on any atom is -0.450 e. The van der Waals surface area contributed by atoms with Crippen molar-refractivity contribution in [2.45, 2.75) is 33.2 Å². The number of amides is 1. The van der Waals surface area contributed by atoms with Gasteiger partial charge in [0.2, 0.25) is 0 Å². The van der Waals surface area contributed by atoms with E-state index in [1.165, 1.54) is 5.56 Å². The van der Waals surface area contributed by atoms with Crippen LogP contribution in [0.25, 0.3) is 11.0 Å². The SMILES string of the molecule is Cc1ccc(C)c2c(C)c(C(=O)N3CCC(N4CCNCC4)C3)oc12.Cl. The molecule has 6 heteroatoms. The lowest BCUT2D eigenvalue weighted by Crippen LogP contribution is -2.49. The lowest BCUT2D eigenvalue weighted by Gasteiger charge is -2.32. The van der Waals surface area contributed by atoms with E-state index in [-0.39, 0.29) is 18.3 Å². The summed E-state index contributed by atoms with van der Waals surface area (Å²) < 4.78 is 6.05. The number of halogens is 1. The second-order valence-electron chi connectivity index (χ2n) is 7.44. The third-order valence-corrected chi connectivity index (χ3v) is 5.80. The highest BCUT2D eigenvalue weighted by Gasteiger charge is 2.33. The normalized spacial score (nSPS) is 21.2. The van der Waals surface area contributed by atoms with Gasteiger partial charge in [0.15, 0.2) is 5.76 Å². The lowest BCUT2D eigenvalue weighted by atomic mass is 10.0. The number of benzene rings is 1. The number of furan rings is 1. The largest absolute Gasteiger partial charge is 0.450 e. The molecule has 1 N–H and O–H groups in total. The number of nitrogens with one attached hydrogen (secondary N) is 1. The minimum atomic E-state index is 0. The molecule has 2 aromatic rings. The van der Waals surface area contributed by atoms with Crippen LogP contribution in [0, 0.1) is 20.8 Å². The average molecular weight is 378 g/mol. The van der Waals surface area contributed by atoms with Gasteiger partial charge in [-0.2, -0.15) is 0 Å². The van der Waals surface area contributed by atoms with Crippen LogP contribution in [0.5, 0.6) is 0 Å². The Balaban J connectivity index is 0.00000196. The number of piperazine rings is 1.